The van der Waals surface area contributed by atoms with Gasteiger partial charge < -0.3 is 5.73 Å². The molecule has 0 fully saturated rings. The van der Waals surface area contributed by atoms with E-state index in [9.17, 15) is 4.39 Å². The summed E-state index contributed by atoms with van der Waals surface area (Å²) in [5.41, 5.74) is 8.20. The fourth-order valence-electron chi connectivity index (χ4n) is 1.64. The highest BCUT2D eigenvalue weighted by molar-refractivity contribution is 9.10. The number of hydrogen-bond donors (Lipinski definition) is 1. The van der Waals surface area contributed by atoms with Gasteiger partial charge >= 0.3 is 0 Å². The summed E-state index contributed by atoms with van der Waals surface area (Å²) in [4.78, 5) is 4.18. The van der Waals surface area contributed by atoms with Crippen molar-refractivity contribution in [3.05, 3.63) is 63.6 Å². The van der Waals surface area contributed by atoms with E-state index in [4.69, 9.17) is 5.73 Å². The number of benzene rings is 1. The first-order valence-corrected chi connectivity index (χ1v) is 6.00. The molecule has 0 bridgehead atoms. The van der Waals surface area contributed by atoms with Crippen molar-refractivity contribution in [1.82, 2.24) is 4.98 Å². The van der Waals surface area contributed by atoms with Gasteiger partial charge in [-0.25, -0.2) is 4.39 Å². The average Bonchev–Trinajstić information content (AvgIpc) is 2.31. The predicted octanol–water partition coefficient (Wildman–Crippen LogP) is 3.34. The Kier molecular flexibility index (Phi) is 3.54. The first kappa shape index (κ1) is 12.2. The van der Waals surface area contributed by atoms with Crippen LogP contribution < -0.4 is 5.73 Å². The van der Waals surface area contributed by atoms with Crippen molar-refractivity contribution < 1.29 is 4.39 Å². The molecule has 2 rings (SSSR count). The van der Waals surface area contributed by atoms with E-state index in [1.807, 2.05) is 19.1 Å². The molecule has 2 N–H and O–H groups in total. The van der Waals surface area contributed by atoms with Crippen molar-refractivity contribution in [3.63, 3.8) is 0 Å². The Bertz CT molecular complexity index is 543. The second-order valence-electron chi connectivity index (χ2n) is 3.90. The van der Waals surface area contributed by atoms with Crippen LogP contribution in [0.15, 0.2) is 41.0 Å². The van der Waals surface area contributed by atoms with Gasteiger partial charge in [0.1, 0.15) is 5.82 Å². The molecule has 0 aliphatic carbocycles. The van der Waals surface area contributed by atoms with Crippen LogP contribution in [-0.4, -0.2) is 4.98 Å². The minimum absolute atomic E-state index is 0.316. The van der Waals surface area contributed by atoms with Crippen LogP contribution in [0.4, 0.5) is 4.39 Å². The lowest BCUT2D eigenvalue weighted by atomic mass is 10.0. The molecule has 0 radical (unpaired) electrons. The highest BCUT2D eigenvalue weighted by Gasteiger charge is 2.15. The molecule has 0 spiro atoms. The number of rotatable bonds is 2. The van der Waals surface area contributed by atoms with E-state index >= 15 is 0 Å². The van der Waals surface area contributed by atoms with Crippen molar-refractivity contribution >= 4 is 15.9 Å². The molecule has 1 aromatic heterocycles. The number of halogens is 2. The number of hydrogen-bond acceptors (Lipinski definition) is 2. The lowest BCUT2D eigenvalue weighted by Crippen LogP contribution is -2.15. The second kappa shape index (κ2) is 4.94. The zero-order valence-corrected chi connectivity index (χ0v) is 10.9. The van der Waals surface area contributed by atoms with Crippen LogP contribution in [0.2, 0.25) is 0 Å². The van der Waals surface area contributed by atoms with Gasteiger partial charge in [0.15, 0.2) is 0 Å². The fraction of sp³-hybridized carbons (Fsp3) is 0.154. The molecule has 2 aromatic rings. The fourth-order valence-corrected chi connectivity index (χ4v) is 2.02. The molecule has 4 heteroatoms. The summed E-state index contributed by atoms with van der Waals surface area (Å²) in [6, 6.07) is 7.93. The van der Waals surface area contributed by atoms with Crippen LogP contribution in [0.25, 0.3) is 0 Å². The maximum Gasteiger partial charge on any atom is 0.128 e. The molecule has 0 aliphatic rings. The topological polar surface area (TPSA) is 38.9 Å². The van der Waals surface area contributed by atoms with Crippen LogP contribution in [0.5, 0.6) is 0 Å². The summed E-state index contributed by atoms with van der Waals surface area (Å²) in [6.07, 6.45) is 1.68. The van der Waals surface area contributed by atoms with Gasteiger partial charge in [-0.1, -0.05) is 15.9 Å². The Balaban J connectivity index is 2.43. The van der Waals surface area contributed by atoms with E-state index in [2.05, 4.69) is 20.9 Å². The third-order valence-corrected chi connectivity index (χ3v) is 3.04. The number of pyridine rings is 1. The molecule has 1 heterocycles. The summed E-state index contributed by atoms with van der Waals surface area (Å²) in [5, 5.41) is 0. The number of nitrogens with two attached hydrogens (primary N) is 1. The quantitative estimate of drug-likeness (QED) is 0.923. The van der Waals surface area contributed by atoms with Crippen molar-refractivity contribution in [2.45, 2.75) is 13.0 Å². The Hall–Kier alpha value is -1.26. The highest BCUT2D eigenvalue weighted by Crippen LogP contribution is 2.24. The van der Waals surface area contributed by atoms with Crippen molar-refractivity contribution in [2.75, 3.05) is 0 Å². The minimum Gasteiger partial charge on any atom is -0.319 e. The summed E-state index contributed by atoms with van der Waals surface area (Å²) >= 11 is 3.31. The van der Waals surface area contributed by atoms with Gasteiger partial charge in [0.25, 0.3) is 0 Å². The van der Waals surface area contributed by atoms with Gasteiger partial charge in [0.05, 0.1) is 11.7 Å². The van der Waals surface area contributed by atoms with Crippen LogP contribution in [0, 0.1) is 12.7 Å². The van der Waals surface area contributed by atoms with Gasteiger partial charge in [-0.05, 0) is 42.8 Å². The smallest absolute Gasteiger partial charge is 0.128 e. The Morgan fingerprint density at radius 1 is 1.29 bits per heavy atom. The molecule has 88 valence electrons. The summed E-state index contributed by atoms with van der Waals surface area (Å²) < 4.78 is 14.5. The number of aromatic nitrogens is 1. The molecule has 2 nitrogen and oxygen atoms in total. The zero-order valence-electron chi connectivity index (χ0n) is 9.32. The van der Waals surface area contributed by atoms with E-state index in [0.29, 0.717) is 11.3 Å². The Morgan fingerprint density at radius 3 is 2.76 bits per heavy atom. The normalized spacial score (nSPS) is 12.5. The van der Waals surface area contributed by atoms with Gasteiger partial charge in [0, 0.05) is 16.2 Å². The molecule has 0 saturated heterocycles. The molecule has 0 amide bonds. The standard InChI is InChI=1S/C13H12BrFN2/c1-8-4-5-17-12(6-8)13(16)10-7-9(14)2-3-11(10)15/h2-7,13H,16H2,1H3. The second-order valence-corrected chi connectivity index (χ2v) is 4.82. The third-order valence-electron chi connectivity index (χ3n) is 2.55. The van der Waals surface area contributed by atoms with Crippen molar-refractivity contribution in [3.8, 4) is 0 Å². The van der Waals surface area contributed by atoms with E-state index < -0.39 is 6.04 Å². The van der Waals surface area contributed by atoms with Crippen molar-refractivity contribution in [2.24, 2.45) is 5.73 Å². The molecule has 1 atom stereocenters. The van der Waals surface area contributed by atoms with E-state index in [0.717, 1.165) is 10.0 Å². The third kappa shape index (κ3) is 2.70. The molecule has 0 saturated carbocycles. The van der Waals surface area contributed by atoms with Gasteiger partial charge in [0.2, 0.25) is 0 Å². The summed E-state index contributed by atoms with van der Waals surface area (Å²) in [6.45, 7) is 1.95. The lowest BCUT2D eigenvalue weighted by molar-refractivity contribution is 0.596. The van der Waals surface area contributed by atoms with Gasteiger partial charge in [-0.3, -0.25) is 4.98 Å². The van der Waals surface area contributed by atoms with Gasteiger partial charge in [-0.15, -0.1) is 0 Å². The van der Waals surface area contributed by atoms with Gasteiger partial charge in [-0.2, -0.15) is 0 Å². The molecule has 1 unspecified atom stereocenters. The predicted molar refractivity (Wildman–Crippen MR) is 69.1 cm³/mol. The minimum atomic E-state index is -0.549. The van der Waals surface area contributed by atoms with Crippen LogP contribution in [0.3, 0.4) is 0 Å². The molecule has 0 aliphatic heterocycles. The van der Waals surface area contributed by atoms with E-state index in [1.54, 1.807) is 18.3 Å². The summed E-state index contributed by atoms with van der Waals surface area (Å²) in [7, 11) is 0. The first-order chi connectivity index (χ1) is 8.08. The molecular weight excluding hydrogens is 283 g/mol. The Morgan fingerprint density at radius 2 is 2.06 bits per heavy atom. The van der Waals surface area contributed by atoms with E-state index in [1.165, 1.54) is 6.07 Å². The van der Waals surface area contributed by atoms with Crippen LogP contribution in [0.1, 0.15) is 22.9 Å². The van der Waals surface area contributed by atoms with Crippen LogP contribution >= 0.6 is 15.9 Å². The SMILES string of the molecule is Cc1ccnc(C(N)c2cc(Br)ccc2F)c1. The lowest BCUT2D eigenvalue weighted by Gasteiger charge is -2.13. The largest absolute Gasteiger partial charge is 0.319 e. The van der Waals surface area contributed by atoms with Crippen LogP contribution in [-0.2, 0) is 0 Å². The molecule has 1 aromatic carbocycles. The van der Waals surface area contributed by atoms with Crippen molar-refractivity contribution in [1.29, 1.82) is 0 Å². The highest BCUT2D eigenvalue weighted by atomic mass is 79.9. The summed E-state index contributed by atoms with van der Waals surface area (Å²) in [5.74, 6) is -0.316. The number of aryl methyl sites for hydroxylation is 1. The number of nitrogens with zero attached hydrogens (tertiary/aromatic N) is 1. The maximum atomic E-state index is 13.7. The first-order valence-electron chi connectivity index (χ1n) is 5.21. The van der Waals surface area contributed by atoms with E-state index in [-0.39, 0.29) is 5.82 Å². The Labute approximate surface area is 108 Å². The average molecular weight is 295 g/mol. The maximum absolute atomic E-state index is 13.7. The molecule has 17 heavy (non-hydrogen) atoms. The monoisotopic (exact) mass is 294 g/mol. The zero-order chi connectivity index (χ0) is 12.4. The molecular formula is C13H12BrFN2.